The molecular weight excluding hydrogens is 280 g/mol. The molecule has 0 heterocycles. The summed E-state index contributed by atoms with van der Waals surface area (Å²) >= 11 is 2.98. The molecule has 0 saturated carbocycles. The molecule has 0 aromatic heterocycles. The van der Waals surface area contributed by atoms with Gasteiger partial charge in [0.1, 0.15) is 0 Å². The van der Waals surface area contributed by atoms with Gasteiger partial charge in [-0.15, -0.1) is 0 Å². The summed E-state index contributed by atoms with van der Waals surface area (Å²) in [5.74, 6) is -1.05. The fourth-order valence-corrected chi connectivity index (χ4v) is 1.59. The predicted octanol–water partition coefficient (Wildman–Crippen LogP) is 1.69. The van der Waals surface area contributed by atoms with Gasteiger partial charge in [-0.2, -0.15) is 0 Å². The molecule has 0 saturated heterocycles. The smallest absolute Gasteiger partial charge is 0.207 e. The number of methoxy groups -OCH3 is 2. The number of ether oxygens (including phenoxy) is 2. The average Bonchev–Trinajstić information content (AvgIpc) is 2.29. The number of Topliss-reactive ketones (excluding diaryl/α,β-unsaturated/α-hetero) is 1. The molecule has 1 aromatic carbocycles. The lowest BCUT2D eigenvalue weighted by Crippen LogP contribution is -2.02. The normalized spacial score (nSPS) is 9.94. The summed E-state index contributed by atoms with van der Waals surface area (Å²) in [6.07, 6.45) is 0. The van der Waals surface area contributed by atoms with E-state index in [1.165, 1.54) is 14.2 Å². The van der Waals surface area contributed by atoms with Crippen molar-refractivity contribution in [1.82, 2.24) is 0 Å². The van der Waals surface area contributed by atoms with Crippen LogP contribution in [0.3, 0.4) is 0 Å². The highest BCUT2D eigenvalue weighted by molar-refractivity contribution is 9.09. The molecule has 6 heteroatoms. The molecule has 0 unspecified atom stereocenters. The number of benzene rings is 1. The van der Waals surface area contributed by atoms with E-state index < -0.39 is 0 Å². The van der Waals surface area contributed by atoms with Crippen molar-refractivity contribution in [3.8, 4) is 23.0 Å². The summed E-state index contributed by atoms with van der Waals surface area (Å²) in [6.45, 7) is 0. The maximum Gasteiger partial charge on any atom is 0.207 e. The number of carbonyl (C=O) groups excluding carboxylic acids is 1. The van der Waals surface area contributed by atoms with Gasteiger partial charge >= 0.3 is 0 Å². The zero-order chi connectivity index (χ0) is 12.3. The Morgan fingerprint density at radius 2 is 1.88 bits per heavy atom. The third-order valence-electron chi connectivity index (χ3n) is 2.02. The Morgan fingerprint density at radius 1 is 1.31 bits per heavy atom. The maximum absolute atomic E-state index is 11.4. The maximum atomic E-state index is 11.4. The molecule has 16 heavy (non-hydrogen) atoms. The van der Waals surface area contributed by atoms with Crippen LogP contribution in [0.1, 0.15) is 10.4 Å². The fourth-order valence-electron chi connectivity index (χ4n) is 1.29. The number of alkyl halides is 1. The van der Waals surface area contributed by atoms with E-state index in [9.17, 15) is 15.0 Å². The molecule has 0 fully saturated rings. The van der Waals surface area contributed by atoms with Gasteiger partial charge in [0.25, 0.3) is 0 Å². The molecule has 1 rings (SSSR count). The number of ketones is 1. The van der Waals surface area contributed by atoms with Gasteiger partial charge in [-0.3, -0.25) is 4.79 Å². The molecule has 2 N–H and O–H groups in total. The first kappa shape index (κ1) is 12.6. The van der Waals surface area contributed by atoms with Crippen LogP contribution in [0.25, 0.3) is 0 Å². The number of rotatable bonds is 4. The molecule has 0 aliphatic rings. The van der Waals surface area contributed by atoms with Crippen molar-refractivity contribution < 1.29 is 24.5 Å². The molecule has 0 aliphatic heterocycles. The fraction of sp³-hybridized carbons (Fsp3) is 0.300. The Morgan fingerprint density at radius 3 is 2.31 bits per heavy atom. The number of hydrogen-bond acceptors (Lipinski definition) is 5. The number of aromatic hydroxyl groups is 2. The predicted molar refractivity (Wildman–Crippen MR) is 61.0 cm³/mol. The Labute approximate surface area is 101 Å². The molecule has 1 aromatic rings. The molecule has 0 amide bonds. The number of phenols is 2. The van der Waals surface area contributed by atoms with E-state index in [2.05, 4.69) is 15.9 Å². The monoisotopic (exact) mass is 290 g/mol. The molecule has 0 aliphatic carbocycles. The Kier molecular flexibility index (Phi) is 4.00. The van der Waals surface area contributed by atoms with Crippen LogP contribution in [0.15, 0.2) is 6.07 Å². The molecular formula is C10H11BrO5. The third kappa shape index (κ3) is 2.06. The van der Waals surface area contributed by atoms with Crippen LogP contribution in [-0.2, 0) is 0 Å². The molecule has 0 spiro atoms. The zero-order valence-corrected chi connectivity index (χ0v) is 10.4. The summed E-state index contributed by atoms with van der Waals surface area (Å²) in [6, 6.07) is 1.14. The van der Waals surface area contributed by atoms with Gasteiger partial charge < -0.3 is 19.7 Å². The molecule has 0 bridgehead atoms. The SMILES string of the molecule is COc1c(O)cc(C(=O)CBr)c(O)c1OC. The summed E-state index contributed by atoms with van der Waals surface area (Å²) < 4.78 is 9.74. The first-order chi connectivity index (χ1) is 7.56. The number of carbonyl (C=O) groups is 1. The summed E-state index contributed by atoms with van der Waals surface area (Å²) in [5, 5.41) is 19.4. The van der Waals surface area contributed by atoms with Crippen molar-refractivity contribution in [3.05, 3.63) is 11.6 Å². The van der Waals surface area contributed by atoms with Crippen LogP contribution < -0.4 is 9.47 Å². The van der Waals surface area contributed by atoms with E-state index in [0.29, 0.717) is 0 Å². The third-order valence-corrected chi connectivity index (χ3v) is 2.53. The molecule has 5 nitrogen and oxygen atoms in total. The van der Waals surface area contributed by atoms with Crippen LogP contribution in [-0.4, -0.2) is 35.5 Å². The quantitative estimate of drug-likeness (QED) is 0.501. The van der Waals surface area contributed by atoms with Gasteiger partial charge in [-0.25, -0.2) is 0 Å². The van der Waals surface area contributed by atoms with Gasteiger partial charge in [-0.1, -0.05) is 15.9 Å². The summed E-state index contributed by atoms with van der Waals surface area (Å²) in [7, 11) is 2.63. The van der Waals surface area contributed by atoms with Crippen molar-refractivity contribution >= 4 is 21.7 Å². The molecule has 0 radical (unpaired) electrons. The number of hydrogen-bond donors (Lipinski definition) is 2. The van der Waals surface area contributed by atoms with Gasteiger partial charge in [0.05, 0.1) is 25.1 Å². The van der Waals surface area contributed by atoms with E-state index in [0.717, 1.165) is 6.07 Å². The highest BCUT2D eigenvalue weighted by Crippen LogP contribution is 2.45. The van der Waals surface area contributed by atoms with Gasteiger partial charge in [0.15, 0.2) is 17.3 Å². The van der Waals surface area contributed by atoms with Crippen molar-refractivity contribution in [2.45, 2.75) is 0 Å². The van der Waals surface area contributed by atoms with Crippen LogP contribution in [0.5, 0.6) is 23.0 Å². The number of halogens is 1. The summed E-state index contributed by atoms with van der Waals surface area (Å²) in [4.78, 5) is 11.4. The topological polar surface area (TPSA) is 76.0 Å². The molecule has 88 valence electrons. The van der Waals surface area contributed by atoms with Crippen molar-refractivity contribution in [2.75, 3.05) is 19.5 Å². The highest BCUT2D eigenvalue weighted by Gasteiger charge is 2.22. The minimum absolute atomic E-state index is 0.00822. The second kappa shape index (κ2) is 5.07. The molecule has 0 atom stereocenters. The first-order valence-electron chi connectivity index (χ1n) is 4.32. The van der Waals surface area contributed by atoms with E-state index in [1.807, 2.05) is 0 Å². The summed E-state index contributed by atoms with van der Waals surface area (Å²) in [5.41, 5.74) is -0.0213. The zero-order valence-electron chi connectivity index (χ0n) is 8.78. The highest BCUT2D eigenvalue weighted by atomic mass is 79.9. The van der Waals surface area contributed by atoms with Gasteiger partial charge in [0, 0.05) is 0 Å². The second-order valence-electron chi connectivity index (χ2n) is 2.92. The number of phenolic OH excluding ortho intramolecular Hbond substituents is 2. The van der Waals surface area contributed by atoms with E-state index in [1.54, 1.807) is 0 Å². The lowest BCUT2D eigenvalue weighted by atomic mass is 10.1. The lowest BCUT2D eigenvalue weighted by Gasteiger charge is -2.13. The Bertz CT molecular complexity index is 416. The Balaban J connectivity index is 3.45. The average molecular weight is 291 g/mol. The van der Waals surface area contributed by atoms with Gasteiger partial charge in [-0.05, 0) is 6.07 Å². The van der Waals surface area contributed by atoms with Crippen molar-refractivity contribution in [3.63, 3.8) is 0 Å². The largest absolute Gasteiger partial charge is 0.504 e. The minimum Gasteiger partial charge on any atom is -0.504 e. The standard InChI is InChI=1S/C10H11BrO5/c1-15-9-6(12)3-5(7(13)4-11)8(14)10(9)16-2/h3,12,14H,4H2,1-2H3. The van der Waals surface area contributed by atoms with Gasteiger partial charge in [0.2, 0.25) is 11.5 Å². The van der Waals surface area contributed by atoms with Crippen LogP contribution in [0, 0.1) is 0 Å². The van der Waals surface area contributed by atoms with Crippen LogP contribution in [0.2, 0.25) is 0 Å². The first-order valence-corrected chi connectivity index (χ1v) is 5.45. The van der Waals surface area contributed by atoms with E-state index in [-0.39, 0.29) is 39.7 Å². The Hall–Kier alpha value is -1.43. The van der Waals surface area contributed by atoms with E-state index in [4.69, 9.17) is 9.47 Å². The lowest BCUT2D eigenvalue weighted by molar-refractivity contribution is 0.102. The van der Waals surface area contributed by atoms with Crippen LogP contribution >= 0.6 is 15.9 Å². The van der Waals surface area contributed by atoms with E-state index >= 15 is 0 Å². The second-order valence-corrected chi connectivity index (χ2v) is 3.48. The van der Waals surface area contributed by atoms with Crippen LogP contribution in [0.4, 0.5) is 0 Å². The van der Waals surface area contributed by atoms with Crippen molar-refractivity contribution in [2.24, 2.45) is 0 Å². The van der Waals surface area contributed by atoms with Crippen molar-refractivity contribution in [1.29, 1.82) is 0 Å². The minimum atomic E-state index is -0.367.